The van der Waals surface area contributed by atoms with Gasteiger partial charge in [0.2, 0.25) is 0 Å². The van der Waals surface area contributed by atoms with E-state index in [9.17, 15) is 4.39 Å². The van der Waals surface area contributed by atoms with E-state index in [-0.39, 0.29) is 0 Å². The van der Waals surface area contributed by atoms with Crippen LogP contribution in [0.4, 0.5) is 4.39 Å². The SMILES string of the molecule is FC1CCC(c2ccccc2)c2ccccc21. The monoisotopic (exact) mass is 226 g/mol. The molecule has 0 saturated carbocycles. The number of halogens is 1. The highest BCUT2D eigenvalue weighted by Crippen LogP contribution is 2.42. The van der Waals surface area contributed by atoms with Crippen LogP contribution in [0.25, 0.3) is 0 Å². The quantitative estimate of drug-likeness (QED) is 0.665. The summed E-state index contributed by atoms with van der Waals surface area (Å²) in [4.78, 5) is 0. The van der Waals surface area contributed by atoms with Crippen LogP contribution in [0.2, 0.25) is 0 Å². The zero-order valence-corrected chi connectivity index (χ0v) is 9.64. The van der Waals surface area contributed by atoms with Gasteiger partial charge in [0.25, 0.3) is 0 Å². The minimum Gasteiger partial charge on any atom is -0.242 e. The van der Waals surface area contributed by atoms with E-state index >= 15 is 0 Å². The molecule has 0 aromatic heterocycles. The largest absolute Gasteiger partial charge is 0.242 e. The van der Waals surface area contributed by atoms with Crippen LogP contribution < -0.4 is 0 Å². The van der Waals surface area contributed by atoms with Crippen molar-refractivity contribution in [3.8, 4) is 0 Å². The first kappa shape index (κ1) is 10.5. The van der Waals surface area contributed by atoms with Crippen LogP contribution in [-0.2, 0) is 0 Å². The maximum Gasteiger partial charge on any atom is 0.125 e. The highest BCUT2D eigenvalue weighted by molar-refractivity contribution is 5.40. The molecule has 0 fully saturated rings. The van der Waals surface area contributed by atoms with Gasteiger partial charge in [0.05, 0.1) is 0 Å². The lowest BCUT2D eigenvalue weighted by Gasteiger charge is -2.28. The summed E-state index contributed by atoms with van der Waals surface area (Å²) in [5.74, 6) is 0.361. The van der Waals surface area contributed by atoms with Crippen molar-refractivity contribution in [2.45, 2.75) is 24.9 Å². The molecule has 0 radical (unpaired) electrons. The van der Waals surface area contributed by atoms with Gasteiger partial charge in [0.15, 0.2) is 0 Å². The second-order valence-corrected chi connectivity index (χ2v) is 4.64. The molecule has 1 aliphatic rings. The van der Waals surface area contributed by atoms with Crippen molar-refractivity contribution < 1.29 is 4.39 Å². The van der Waals surface area contributed by atoms with Gasteiger partial charge < -0.3 is 0 Å². The van der Waals surface area contributed by atoms with Gasteiger partial charge in [0, 0.05) is 5.92 Å². The van der Waals surface area contributed by atoms with E-state index in [2.05, 4.69) is 30.3 Å². The van der Waals surface area contributed by atoms with Crippen LogP contribution in [-0.4, -0.2) is 0 Å². The summed E-state index contributed by atoms with van der Waals surface area (Å²) in [6.45, 7) is 0. The molecule has 2 unspecified atom stereocenters. The lowest BCUT2D eigenvalue weighted by atomic mass is 9.78. The van der Waals surface area contributed by atoms with Crippen molar-refractivity contribution in [2.75, 3.05) is 0 Å². The minimum atomic E-state index is -0.786. The predicted molar refractivity (Wildman–Crippen MR) is 67.8 cm³/mol. The highest BCUT2D eigenvalue weighted by Gasteiger charge is 2.27. The Balaban J connectivity index is 2.07. The molecule has 0 amide bonds. The van der Waals surface area contributed by atoms with Crippen LogP contribution in [0.1, 0.15) is 41.6 Å². The lowest BCUT2D eigenvalue weighted by Crippen LogP contribution is -2.12. The van der Waals surface area contributed by atoms with Crippen molar-refractivity contribution in [1.82, 2.24) is 0 Å². The fourth-order valence-electron chi connectivity index (χ4n) is 2.77. The number of benzene rings is 2. The van der Waals surface area contributed by atoms with Crippen molar-refractivity contribution in [1.29, 1.82) is 0 Å². The lowest BCUT2D eigenvalue weighted by molar-refractivity contribution is 0.294. The summed E-state index contributed by atoms with van der Waals surface area (Å²) in [6.07, 6.45) is 0.754. The van der Waals surface area contributed by atoms with Crippen LogP contribution >= 0.6 is 0 Å². The van der Waals surface area contributed by atoms with Crippen LogP contribution in [0.3, 0.4) is 0 Å². The normalized spacial score (nSPS) is 23.1. The highest BCUT2D eigenvalue weighted by atomic mass is 19.1. The van der Waals surface area contributed by atoms with E-state index in [1.807, 2.05) is 24.3 Å². The third-order valence-electron chi connectivity index (χ3n) is 3.62. The van der Waals surface area contributed by atoms with E-state index < -0.39 is 6.17 Å². The first-order chi connectivity index (χ1) is 8.36. The number of rotatable bonds is 1. The molecule has 2 atom stereocenters. The molecule has 0 heterocycles. The Morgan fingerprint density at radius 2 is 1.41 bits per heavy atom. The van der Waals surface area contributed by atoms with Gasteiger partial charge in [0.1, 0.15) is 6.17 Å². The Bertz CT molecular complexity index is 504. The molecule has 0 N–H and O–H groups in total. The average molecular weight is 226 g/mol. The Kier molecular flexibility index (Phi) is 2.68. The molecule has 1 heteroatoms. The zero-order valence-electron chi connectivity index (χ0n) is 9.64. The van der Waals surface area contributed by atoms with Gasteiger partial charge in [-0.25, -0.2) is 4.39 Å². The van der Waals surface area contributed by atoms with Crippen molar-refractivity contribution >= 4 is 0 Å². The van der Waals surface area contributed by atoms with E-state index in [0.29, 0.717) is 12.3 Å². The maximum absolute atomic E-state index is 13.9. The average Bonchev–Trinajstić information content (AvgIpc) is 2.41. The van der Waals surface area contributed by atoms with Crippen LogP contribution in [0, 0.1) is 0 Å². The molecule has 0 spiro atoms. The van der Waals surface area contributed by atoms with Gasteiger partial charge in [-0.05, 0) is 29.5 Å². The number of alkyl halides is 1. The third-order valence-corrected chi connectivity index (χ3v) is 3.62. The summed E-state index contributed by atoms with van der Waals surface area (Å²) < 4.78 is 13.9. The topological polar surface area (TPSA) is 0 Å². The Labute approximate surface area is 101 Å². The summed E-state index contributed by atoms with van der Waals surface area (Å²) in [5.41, 5.74) is 3.34. The standard InChI is InChI=1S/C16H15F/c17-16-11-10-13(12-6-2-1-3-7-12)14-8-4-5-9-15(14)16/h1-9,13,16H,10-11H2. The first-order valence-electron chi connectivity index (χ1n) is 6.14. The zero-order chi connectivity index (χ0) is 11.7. The Morgan fingerprint density at radius 3 is 2.18 bits per heavy atom. The molecule has 2 aromatic rings. The number of fused-ring (bicyclic) bond motifs is 1. The molecule has 0 bridgehead atoms. The summed E-state index contributed by atoms with van der Waals surface area (Å²) in [7, 11) is 0. The van der Waals surface area contributed by atoms with Gasteiger partial charge in [-0.15, -0.1) is 0 Å². The van der Waals surface area contributed by atoms with Gasteiger partial charge in [-0.1, -0.05) is 54.6 Å². The minimum absolute atomic E-state index is 0.361. The van der Waals surface area contributed by atoms with E-state index in [1.165, 1.54) is 5.56 Å². The molecule has 1 aliphatic carbocycles. The molecule has 0 nitrogen and oxygen atoms in total. The maximum atomic E-state index is 13.9. The van der Waals surface area contributed by atoms with Crippen molar-refractivity contribution in [3.63, 3.8) is 0 Å². The summed E-state index contributed by atoms with van der Waals surface area (Å²) in [6, 6.07) is 18.3. The molecular formula is C16H15F. The molecule has 2 aromatic carbocycles. The van der Waals surface area contributed by atoms with Crippen LogP contribution in [0.15, 0.2) is 54.6 Å². The second-order valence-electron chi connectivity index (χ2n) is 4.64. The number of hydrogen-bond acceptors (Lipinski definition) is 0. The van der Waals surface area contributed by atoms with Crippen LogP contribution in [0.5, 0.6) is 0 Å². The fraction of sp³-hybridized carbons (Fsp3) is 0.250. The van der Waals surface area contributed by atoms with Crippen molar-refractivity contribution in [3.05, 3.63) is 71.3 Å². The molecule has 0 saturated heterocycles. The van der Waals surface area contributed by atoms with Gasteiger partial charge >= 0.3 is 0 Å². The Morgan fingerprint density at radius 1 is 0.765 bits per heavy atom. The molecular weight excluding hydrogens is 211 g/mol. The smallest absolute Gasteiger partial charge is 0.125 e. The molecule has 86 valence electrons. The molecule has 3 rings (SSSR count). The van der Waals surface area contributed by atoms with Crippen molar-refractivity contribution in [2.24, 2.45) is 0 Å². The van der Waals surface area contributed by atoms with Gasteiger partial charge in [-0.2, -0.15) is 0 Å². The van der Waals surface area contributed by atoms with E-state index in [1.54, 1.807) is 0 Å². The van der Waals surface area contributed by atoms with E-state index in [4.69, 9.17) is 0 Å². The number of hydrogen-bond donors (Lipinski definition) is 0. The second kappa shape index (κ2) is 4.33. The van der Waals surface area contributed by atoms with E-state index in [0.717, 1.165) is 17.5 Å². The molecule has 0 aliphatic heterocycles. The molecule has 17 heavy (non-hydrogen) atoms. The fourth-order valence-corrected chi connectivity index (χ4v) is 2.77. The Hall–Kier alpha value is -1.63. The predicted octanol–water partition coefficient (Wildman–Crippen LogP) is 4.62. The van der Waals surface area contributed by atoms with Gasteiger partial charge in [-0.3, -0.25) is 0 Å². The first-order valence-corrected chi connectivity index (χ1v) is 6.14. The third kappa shape index (κ3) is 1.86. The summed E-state index contributed by atoms with van der Waals surface area (Å²) >= 11 is 0. The summed E-state index contributed by atoms with van der Waals surface area (Å²) in [5, 5.41) is 0.